The first-order chi connectivity index (χ1) is 49.0. The first kappa shape index (κ1) is 79.5. The van der Waals surface area contributed by atoms with E-state index in [2.05, 4.69) is 93.4 Å². The van der Waals surface area contributed by atoms with Crippen molar-refractivity contribution in [1.29, 1.82) is 0 Å². The summed E-state index contributed by atoms with van der Waals surface area (Å²) >= 11 is 8.41. The van der Waals surface area contributed by atoms with Crippen molar-refractivity contribution in [2.24, 2.45) is 17.4 Å². The lowest BCUT2D eigenvalue weighted by Crippen LogP contribution is -2.63. The summed E-state index contributed by atoms with van der Waals surface area (Å²) in [4.78, 5) is 192. The monoisotopic (exact) mass is 1460 g/mol. The van der Waals surface area contributed by atoms with Gasteiger partial charge in [-0.05, 0) is 65.8 Å². The number of aliphatic carboxylic acids is 1. The predicted octanol–water partition coefficient (Wildman–Crippen LogP) is -2.50. The number of thiol groups is 2. The van der Waals surface area contributed by atoms with E-state index in [1.807, 2.05) is 0 Å². The largest absolute Gasteiger partial charge is 0.508 e. The number of aromatic amines is 2. The zero-order valence-corrected chi connectivity index (χ0v) is 58.5. The van der Waals surface area contributed by atoms with Crippen molar-refractivity contribution in [2.75, 3.05) is 18.1 Å². The molecular weight excluding hydrogens is 1370 g/mol. The normalized spacial score (nSPS) is 15.8. The topological polar surface area (TPSA) is 503 Å². The number of amides is 12. The van der Waals surface area contributed by atoms with Crippen LogP contribution < -0.4 is 64.6 Å². The Labute approximate surface area is 602 Å². The molecule has 0 aliphatic carbocycles. The summed E-state index contributed by atoms with van der Waals surface area (Å²) in [6, 6.07) is 11.7. The zero-order chi connectivity index (χ0) is 75.2. The summed E-state index contributed by atoms with van der Waals surface area (Å²) in [6.07, 6.45) is 0.660. The molecule has 0 radical (unpaired) electrons. The highest BCUT2D eigenvalue weighted by atomic mass is 32.1. The number of phenols is 1. The molecule has 0 bridgehead atoms. The number of imidazole rings is 1. The first-order valence-electron chi connectivity index (χ1n) is 32.9. The van der Waals surface area contributed by atoms with E-state index in [4.69, 9.17) is 11.5 Å². The van der Waals surface area contributed by atoms with Gasteiger partial charge in [-0.25, -0.2) is 4.98 Å². The Morgan fingerprint density at radius 2 is 1.13 bits per heavy atom. The maximum Gasteiger partial charge on any atom is 0.305 e. The molecule has 34 heteroatoms. The molecule has 19 N–H and O–H groups in total. The molecule has 3 heterocycles. The van der Waals surface area contributed by atoms with Crippen molar-refractivity contribution < 1.29 is 77.6 Å². The highest BCUT2D eigenvalue weighted by molar-refractivity contribution is 7.80. The van der Waals surface area contributed by atoms with Crippen molar-refractivity contribution in [3.63, 3.8) is 0 Å². The van der Waals surface area contributed by atoms with Crippen LogP contribution in [0.2, 0.25) is 0 Å². The number of para-hydroxylation sites is 1. The standard InChI is InChI=1S/C69H86N16O16S2/c1-35(2)57(83-63(95)49(24-42-28-73-47-17-11-10-16-45(42)47)78-62(94)51(27-56(89)90)77-59(91)36(3)76-60(92)46(70)32-102)67(99)82-53(33-103)65(97)81-52(23-39-18-20-44(87)21-19-39)69(101)85-31-41-15-9-8-14-40(41)25-54(85)66(98)79-50(26-43-29-72-34-75-43)64(96)84-58(37(4)86)68(100)80-48(61(93)74-30-55(71)88)22-38-12-6-5-7-13-38/h5-21,28-29,34-37,46,48-54,57-58,73,86-87,102-103H,22-27,30-33,70H2,1-4H3,(H2,71,88)(H,72,75)(H,74,93)(H,76,92)(H,77,91)(H,78,94)(H,79,98)(H,80,100)(H,81,97)(H,82,99)(H,83,95)(H,84,96)(H,89,90)/t36-,37+,46-,48-,49-,50-,51-,52-,53-,54-,57-,58-/m0/s1. The lowest BCUT2D eigenvalue weighted by Gasteiger charge is -2.39. The summed E-state index contributed by atoms with van der Waals surface area (Å²) in [5.41, 5.74) is 14.8. The van der Waals surface area contributed by atoms with Gasteiger partial charge < -0.3 is 94.8 Å². The Morgan fingerprint density at radius 1 is 0.573 bits per heavy atom. The molecule has 0 saturated carbocycles. The number of fused-ring (bicyclic) bond motifs is 2. The second kappa shape index (κ2) is 37.7. The molecule has 0 spiro atoms. The van der Waals surface area contributed by atoms with Crippen LogP contribution in [-0.4, -0.2) is 203 Å². The van der Waals surface area contributed by atoms with Crippen LogP contribution in [0, 0.1) is 5.92 Å². The van der Waals surface area contributed by atoms with Gasteiger partial charge in [-0.2, -0.15) is 25.3 Å². The summed E-state index contributed by atoms with van der Waals surface area (Å²) < 4.78 is 0. The Balaban J connectivity index is 1.13. The number of nitrogens with one attached hydrogen (secondary N) is 12. The molecule has 1 aliphatic rings. The molecule has 4 aromatic carbocycles. The number of carboxylic acids is 1. The number of rotatable bonds is 36. The quantitative estimate of drug-likeness (QED) is 0.0181. The Hall–Kier alpha value is -10.8. The third kappa shape index (κ3) is 22.8. The number of phenolic OH excluding ortho intramolecular Hbond substituents is 1. The number of primary amides is 1. The van der Waals surface area contributed by atoms with E-state index in [-0.39, 0.29) is 50.2 Å². The molecular formula is C69H86N16O16S2. The van der Waals surface area contributed by atoms with E-state index in [0.29, 0.717) is 44.4 Å². The summed E-state index contributed by atoms with van der Waals surface area (Å²) in [6.45, 7) is 4.85. The number of hydrogen-bond donors (Lipinski definition) is 19. The average molecular weight is 1460 g/mol. The van der Waals surface area contributed by atoms with Crippen LogP contribution in [0.4, 0.5) is 0 Å². The smallest absolute Gasteiger partial charge is 0.305 e. The highest BCUT2D eigenvalue weighted by Crippen LogP contribution is 2.26. The lowest BCUT2D eigenvalue weighted by molar-refractivity contribution is -0.145. The van der Waals surface area contributed by atoms with Gasteiger partial charge in [0, 0.05) is 79.1 Å². The van der Waals surface area contributed by atoms with Crippen LogP contribution in [0.3, 0.4) is 0 Å². The number of aromatic nitrogens is 3. The fourth-order valence-electron chi connectivity index (χ4n) is 11.3. The molecule has 0 unspecified atom stereocenters. The number of carboxylic acid groups (broad SMARTS) is 1. The second-order valence-electron chi connectivity index (χ2n) is 25.2. The number of hydrogen-bond acceptors (Lipinski definition) is 19. The number of carbonyl (C=O) groups is 13. The number of aromatic hydroxyl groups is 1. The van der Waals surface area contributed by atoms with Crippen LogP contribution in [0.5, 0.6) is 5.75 Å². The molecule has 2 aromatic heterocycles. The SMILES string of the molecule is CC(C)[C@H](NC(=O)[C@H](Cc1c[nH]c2ccccc12)NC(=O)[C@H](CC(=O)O)NC(=O)[C@H](C)NC(=O)[C@@H](N)CS)C(=O)N[C@@H](CS)C(=O)N[C@@H](Cc1ccc(O)cc1)C(=O)N1Cc2ccccc2C[C@H]1C(=O)N[C@@H](Cc1cnc[nH]1)C(=O)N[C@H](C(=O)N[C@@H](Cc1ccccc1)C(=O)NCC(N)=O)[C@@H](C)O. The highest BCUT2D eigenvalue weighted by Gasteiger charge is 2.42. The van der Waals surface area contributed by atoms with Gasteiger partial charge in [0.2, 0.25) is 70.9 Å². The average Bonchev–Trinajstić information content (AvgIpc) is 1.28. The summed E-state index contributed by atoms with van der Waals surface area (Å²) in [5, 5.41) is 57.2. The van der Waals surface area contributed by atoms with Gasteiger partial charge in [0.1, 0.15) is 66.2 Å². The number of nitrogens with zero attached hydrogens (tertiary/aromatic N) is 2. The van der Waals surface area contributed by atoms with Crippen LogP contribution in [0.1, 0.15) is 67.6 Å². The van der Waals surface area contributed by atoms with E-state index in [1.165, 1.54) is 55.5 Å². The van der Waals surface area contributed by atoms with Crippen molar-refractivity contribution in [2.45, 2.75) is 145 Å². The zero-order valence-electron chi connectivity index (χ0n) is 56.7. The molecule has 0 saturated heterocycles. The Bertz CT molecular complexity index is 4010. The maximum atomic E-state index is 15.6. The van der Waals surface area contributed by atoms with Gasteiger partial charge in [-0.3, -0.25) is 62.3 Å². The molecule has 0 fully saturated rings. The minimum atomic E-state index is -1.81. The van der Waals surface area contributed by atoms with Gasteiger partial charge in [0.25, 0.3) is 0 Å². The van der Waals surface area contributed by atoms with Crippen LogP contribution in [0.25, 0.3) is 10.9 Å². The first-order valence-corrected chi connectivity index (χ1v) is 34.2. The van der Waals surface area contributed by atoms with Crippen molar-refractivity contribution in [1.82, 2.24) is 73.0 Å². The van der Waals surface area contributed by atoms with Gasteiger partial charge >= 0.3 is 5.97 Å². The molecule has 32 nitrogen and oxygen atoms in total. The number of aliphatic hydroxyl groups excluding tert-OH is 1. The molecule has 12 amide bonds. The third-order valence-electron chi connectivity index (χ3n) is 16.9. The maximum absolute atomic E-state index is 15.6. The van der Waals surface area contributed by atoms with E-state index in [1.54, 1.807) is 98.9 Å². The Morgan fingerprint density at radius 3 is 1.76 bits per heavy atom. The number of carbonyl (C=O) groups excluding carboxylic acids is 12. The van der Waals surface area contributed by atoms with Crippen LogP contribution in [0.15, 0.2) is 122 Å². The predicted molar refractivity (Wildman–Crippen MR) is 380 cm³/mol. The van der Waals surface area contributed by atoms with E-state index < -0.39 is 174 Å². The number of H-pyrrole nitrogens is 2. The second-order valence-corrected chi connectivity index (χ2v) is 25.9. The van der Waals surface area contributed by atoms with E-state index in [9.17, 15) is 68.1 Å². The van der Waals surface area contributed by atoms with Gasteiger partial charge in [0.05, 0.1) is 31.4 Å². The van der Waals surface area contributed by atoms with Crippen molar-refractivity contribution in [3.8, 4) is 5.75 Å². The molecule has 1 aliphatic heterocycles. The minimum Gasteiger partial charge on any atom is -0.508 e. The summed E-state index contributed by atoms with van der Waals surface area (Å²) in [5.74, 6) is -14.0. The third-order valence-corrected chi connectivity index (χ3v) is 17.7. The molecule has 12 atom stereocenters. The van der Waals surface area contributed by atoms with Gasteiger partial charge in [0.15, 0.2) is 0 Å². The van der Waals surface area contributed by atoms with Crippen molar-refractivity contribution >= 4 is 113 Å². The van der Waals surface area contributed by atoms with Gasteiger partial charge in [-0.15, -0.1) is 0 Å². The van der Waals surface area contributed by atoms with Gasteiger partial charge in [-0.1, -0.05) is 98.8 Å². The van der Waals surface area contributed by atoms with E-state index >= 15 is 9.59 Å². The molecule has 550 valence electrons. The van der Waals surface area contributed by atoms with Crippen LogP contribution in [-0.2, 0) is 101 Å². The van der Waals surface area contributed by atoms with Crippen molar-refractivity contribution in [3.05, 3.63) is 155 Å². The van der Waals surface area contributed by atoms with Crippen LogP contribution >= 0.6 is 25.3 Å². The molecule has 103 heavy (non-hydrogen) atoms. The minimum absolute atomic E-state index is 0.0666. The fourth-order valence-corrected chi connectivity index (χ4v) is 11.7. The lowest BCUT2D eigenvalue weighted by atomic mass is 9.91. The van der Waals surface area contributed by atoms with E-state index in [0.717, 1.165) is 0 Å². The Kier molecular flexibility index (Phi) is 29.1. The number of aliphatic hydroxyl groups is 1. The number of benzene rings is 4. The molecule has 6 aromatic rings. The number of nitrogens with two attached hydrogens (primary N) is 2. The molecule has 7 rings (SSSR count). The summed E-state index contributed by atoms with van der Waals surface area (Å²) in [7, 11) is 0. The fraction of sp³-hybridized carbons (Fsp3) is 0.391.